The van der Waals surface area contributed by atoms with Crippen LogP contribution in [-0.2, 0) is 24.4 Å². The van der Waals surface area contributed by atoms with Crippen molar-refractivity contribution in [3.05, 3.63) is 42.0 Å². The molecule has 6 heteroatoms. The molecule has 3 heterocycles. The molecule has 0 unspecified atom stereocenters. The molecule has 0 N–H and O–H groups in total. The van der Waals surface area contributed by atoms with Gasteiger partial charge >= 0.3 is 0 Å². The van der Waals surface area contributed by atoms with Crippen LogP contribution < -0.4 is 9.47 Å². The van der Waals surface area contributed by atoms with Gasteiger partial charge in [-0.2, -0.15) is 0 Å². The molecule has 1 aromatic heterocycles. The Morgan fingerprint density at radius 3 is 2.88 bits per heavy atom. The van der Waals surface area contributed by atoms with Gasteiger partial charge in [-0.3, -0.25) is 4.90 Å². The molecule has 2 aliphatic heterocycles. The van der Waals surface area contributed by atoms with E-state index in [0.717, 1.165) is 56.8 Å². The summed E-state index contributed by atoms with van der Waals surface area (Å²) in [6.07, 6.45) is 6.62. The zero-order valence-corrected chi connectivity index (χ0v) is 15.0. The van der Waals surface area contributed by atoms with Crippen LogP contribution in [0.1, 0.15) is 24.1 Å². The summed E-state index contributed by atoms with van der Waals surface area (Å²) < 4.78 is 19.2. The Kier molecular flexibility index (Phi) is 4.30. The lowest BCUT2D eigenvalue weighted by Gasteiger charge is -2.24. The minimum absolute atomic E-state index is 0.322. The van der Waals surface area contributed by atoms with Gasteiger partial charge in [0, 0.05) is 44.9 Å². The third-order valence-electron chi connectivity index (χ3n) is 5.40. The number of ether oxygens (including phenoxy) is 3. The zero-order chi connectivity index (χ0) is 17.3. The van der Waals surface area contributed by atoms with E-state index in [1.54, 1.807) is 0 Å². The summed E-state index contributed by atoms with van der Waals surface area (Å²) in [5.74, 6) is 2.99. The maximum atomic E-state index is 6.01. The smallest absolute Gasteiger partial charge is 0.231 e. The van der Waals surface area contributed by atoms with E-state index >= 15 is 0 Å². The molecule has 1 aliphatic carbocycles. The standard InChI is InChI=1S/C20H25N3O3/c1-2-15(1)11-24-12-17-8-22(10-18-6-21-13-23(18)9-17)7-16-3-4-19-20(5-16)26-14-25-19/h3-6,13,15,17H,1-2,7-12,14H2/t17-/m0/s1. The molecule has 3 aliphatic rings. The second-order valence-corrected chi connectivity index (χ2v) is 7.74. The molecule has 1 atom stereocenters. The summed E-state index contributed by atoms with van der Waals surface area (Å²) in [6.45, 7) is 5.89. The van der Waals surface area contributed by atoms with Gasteiger partial charge in [-0.25, -0.2) is 4.98 Å². The summed E-state index contributed by atoms with van der Waals surface area (Å²) in [7, 11) is 0. The number of nitrogens with zero attached hydrogens (tertiary/aromatic N) is 3. The molecule has 0 spiro atoms. The Balaban J connectivity index is 1.28. The van der Waals surface area contributed by atoms with Crippen molar-refractivity contribution in [3.63, 3.8) is 0 Å². The second-order valence-electron chi connectivity index (χ2n) is 7.74. The SMILES string of the molecule is c1cc2c(cc1CN1Cc3cncn3C[C@@H](COCC3CC3)C1)OCO2. The Labute approximate surface area is 153 Å². The molecule has 5 rings (SSSR count). The molecule has 0 bridgehead atoms. The average Bonchev–Trinajstić information content (AvgIpc) is 3.22. The van der Waals surface area contributed by atoms with Crippen molar-refractivity contribution in [2.24, 2.45) is 11.8 Å². The molecule has 0 saturated heterocycles. The van der Waals surface area contributed by atoms with Crippen LogP contribution in [0.25, 0.3) is 0 Å². The fourth-order valence-corrected chi connectivity index (χ4v) is 3.85. The maximum Gasteiger partial charge on any atom is 0.231 e. The van der Waals surface area contributed by atoms with Crippen molar-refractivity contribution in [2.75, 3.05) is 26.6 Å². The molecule has 6 nitrogen and oxygen atoms in total. The van der Waals surface area contributed by atoms with E-state index in [4.69, 9.17) is 14.2 Å². The molecule has 2 aromatic rings. The van der Waals surface area contributed by atoms with Crippen molar-refractivity contribution in [1.82, 2.24) is 14.5 Å². The van der Waals surface area contributed by atoms with E-state index in [0.29, 0.717) is 12.7 Å². The summed E-state index contributed by atoms with van der Waals surface area (Å²) in [5.41, 5.74) is 2.52. The first-order valence-electron chi connectivity index (χ1n) is 9.51. The molecular weight excluding hydrogens is 330 g/mol. The Bertz CT molecular complexity index is 771. The van der Waals surface area contributed by atoms with Crippen molar-refractivity contribution < 1.29 is 14.2 Å². The van der Waals surface area contributed by atoms with E-state index < -0.39 is 0 Å². The van der Waals surface area contributed by atoms with Crippen molar-refractivity contribution in [2.45, 2.75) is 32.5 Å². The van der Waals surface area contributed by atoms with Crippen LogP contribution in [-0.4, -0.2) is 41.0 Å². The second kappa shape index (κ2) is 6.93. The highest BCUT2D eigenvalue weighted by Gasteiger charge is 2.25. The molecule has 1 aromatic carbocycles. The van der Waals surface area contributed by atoms with Crippen LogP contribution >= 0.6 is 0 Å². The lowest BCUT2D eigenvalue weighted by atomic mass is 10.1. The van der Waals surface area contributed by atoms with E-state index in [1.165, 1.54) is 24.1 Å². The van der Waals surface area contributed by atoms with Gasteiger partial charge in [-0.1, -0.05) is 6.07 Å². The van der Waals surface area contributed by atoms with E-state index in [2.05, 4.69) is 26.6 Å². The fraction of sp³-hybridized carbons (Fsp3) is 0.550. The van der Waals surface area contributed by atoms with E-state index in [9.17, 15) is 0 Å². The molecule has 138 valence electrons. The predicted molar refractivity (Wildman–Crippen MR) is 95.9 cm³/mol. The van der Waals surface area contributed by atoms with Crippen molar-refractivity contribution in [1.29, 1.82) is 0 Å². The maximum absolute atomic E-state index is 6.01. The third-order valence-corrected chi connectivity index (χ3v) is 5.40. The molecule has 26 heavy (non-hydrogen) atoms. The largest absolute Gasteiger partial charge is 0.454 e. The minimum atomic E-state index is 0.322. The van der Waals surface area contributed by atoms with Gasteiger partial charge in [0.15, 0.2) is 11.5 Å². The number of hydrogen-bond donors (Lipinski definition) is 0. The number of imidazole rings is 1. The van der Waals surface area contributed by atoms with Crippen LogP contribution in [0.5, 0.6) is 11.5 Å². The van der Waals surface area contributed by atoms with Crippen molar-refractivity contribution in [3.8, 4) is 11.5 Å². The Hall–Kier alpha value is -2.05. The summed E-state index contributed by atoms with van der Waals surface area (Å²) in [6, 6.07) is 6.24. The number of hydrogen-bond acceptors (Lipinski definition) is 5. The minimum Gasteiger partial charge on any atom is -0.454 e. The topological polar surface area (TPSA) is 48.8 Å². The lowest BCUT2D eigenvalue weighted by molar-refractivity contribution is 0.0705. The highest BCUT2D eigenvalue weighted by Crippen LogP contribution is 2.33. The Morgan fingerprint density at radius 1 is 1.08 bits per heavy atom. The van der Waals surface area contributed by atoms with Gasteiger partial charge < -0.3 is 18.8 Å². The number of rotatable bonds is 6. The number of fused-ring (bicyclic) bond motifs is 2. The Morgan fingerprint density at radius 2 is 1.96 bits per heavy atom. The monoisotopic (exact) mass is 355 g/mol. The summed E-state index contributed by atoms with van der Waals surface area (Å²) >= 11 is 0. The quantitative estimate of drug-likeness (QED) is 0.797. The zero-order valence-electron chi connectivity index (χ0n) is 15.0. The third kappa shape index (κ3) is 3.57. The normalized spacial score (nSPS) is 22.2. The van der Waals surface area contributed by atoms with Gasteiger partial charge in [0.25, 0.3) is 0 Å². The predicted octanol–water partition coefficient (Wildman–Crippen LogP) is 2.67. The van der Waals surface area contributed by atoms with Crippen molar-refractivity contribution >= 4 is 0 Å². The molecule has 1 fully saturated rings. The van der Waals surface area contributed by atoms with Gasteiger partial charge in [0.05, 0.1) is 18.6 Å². The van der Waals surface area contributed by atoms with E-state index in [-0.39, 0.29) is 0 Å². The summed E-state index contributed by atoms with van der Waals surface area (Å²) in [5, 5.41) is 0. The molecular formula is C20H25N3O3. The summed E-state index contributed by atoms with van der Waals surface area (Å²) in [4.78, 5) is 6.84. The van der Waals surface area contributed by atoms with Gasteiger partial charge in [0.1, 0.15) is 0 Å². The highest BCUT2D eigenvalue weighted by molar-refractivity contribution is 5.44. The highest BCUT2D eigenvalue weighted by atomic mass is 16.7. The van der Waals surface area contributed by atoms with Crippen LogP contribution in [0.4, 0.5) is 0 Å². The van der Waals surface area contributed by atoms with Gasteiger partial charge in [-0.15, -0.1) is 0 Å². The van der Waals surface area contributed by atoms with Crippen LogP contribution in [0.3, 0.4) is 0 Å². The van der Waals surface area contributed by atoms with Crippen LogP contribution in [0.15, 0.2) is 30.7 Å². The first-order chi connectivity index (χ1) is 12.8. The number of benzene rings is 1. The number of aromatic nitrogens is 2. The van der Waals surface area contributed by atoms with Gasteiger partial charge in [0.2, 0.25) is 6.79 Å². The average molecular weight is 355 g/mol. The lowest BCUT2D eigenvalue weighted by Crippen LogP contribution is -2.30. The van der Waals surface area contributed by atoms with Gasteiger partial charge in [-0.05, 0) is 36.5 Å². The fourth-order valence-electron chi connectivity index (χ4n) is 3.85. The molecule has 0 radical (unpaired) electrons. The van der Waals surface area contributed by atoms with E-state index in [1.807, 2.05) is 18.6 Å². The molecule has 1 saturated carbocycles. The molecule has 0 amide bonds. The first-order valence-corrected chi connectivity index (χ1v) is 9.51. The first kappa shape index (κ1) is 16.1. The van der Waals surface area contributed by atoms with Crippen LogP contribution in [0.2, 0.25) is 0 Å². The van der Waals surface area contributed by atoms with Crippen LogP contribution in [0, 0.1) is 11.8 Å².